The predicted molar refractivity (Wildman–Crippen MR) is 172 cm³/mol. The van der Waals surface area contributed by atoms with Crippen LogP contribution in [-0.4, -0.2) is 205 Å². The molecule has 3 heterocycles. The number of carbonyl (C=O) groups excluding carboxylic acids is 2. The number of rotatable bonds is 11. The fraction of sp³-hybridized carbons (Fsp3) is 0.606. The zero-order chi connectivity index (χ0) is 40.8. The van der Waals surface area contributed by atoms with E-state index in [0.29, 0.717) is 5.56 Å². The van der Waals surface area contributed by atoms with Gasteiger partial charge >= 0.3 is 5.97 Å². The van der Waals surface area contributed by atoms with Crippen molar-refractivity contribution in [2.75, 3.05) is 13.2 Å². The first kappa shape index (κ1) is 42.5. The molecule has 22 nitrogen and oxygen atoms in total. The van der Waals surface area contributed by atoms with Crippen LogP contribution >= 0.6 is 0 Å². The lowest BCUT2D eigenvalue weighted by Crippen LogP contribution is -2.69. The number of hydrogen-bond donors (Lipinski definition) is 15. The van der Waals surface area contributed by atoms with Crippen LogP contribution in [0.1, 0.15) is 12.0 Å². The van der Waals surface area contributed by atoms with Gasteiger partial charge in [-0.25, -0.2) is 4.79 Å². The molecule has 1 aliphatic carbocycles. The monoisotopic (exact) mass is 790 g/mol. The number of aliphatic hydroxyl groups is 14. The first-order valence-electron chi connectivity index (χ1n) is 16.8. The average Bonchev–Trinajstić information content (AvgIpc) is 3.15. The highest BCUT2D eigenvalue weighted by Crippen LogP contribution is 2.43. The summed E-state index contributed by atoms with van der Waals surface area (Å²) in [6, 6.07) is 5.28. The van der Waals surface area contributed by atoms with Gasteiger partial charge in [0.25, 0.3) is 0 Å². The summed E-state index contributed by atoms with van der Waals surface area (Å²) in [6.07, 6.45) is -31.5. The van der Waals surface area contributed by atoms with Crippen molar-refractivity contribution in [3.8, 4) is 5.75 Å². The molecule has 5 rings (SSSR count). The van der Waals surface area contributed by atoms with Gasteiger partial charge in [-0.05, 0) is 24.1 Å². The van der Waals surface area contributed by atoms with Crippen molar-refractivity contribution in [3.63, 3.8) is 0 Å². The van der Waals surface area contributed by atoms with Crippen LogP contribution in [0.5, 0.6) is 5.75 Å². The van der Waals surface area contributed by atoms with E-state index in [1.165, 1.54) is 24.3 Å². The lowest BCUT2D eigenvalue weighted by atomic mass is 9.71. The van der Waals surface area contributed by atoms with Gasteiger partial charge in [-0.3, -0.25) is 9.59 Å². The SMILES string of the molecule is O=C(CCc1ccc(OC2OC(C(=O)O)C(O)C(O)C2O)cc1)C1=C(O)C(C(O)C2OCC(O)C(O)C2O)=C(O)C(O)(C2OC(CO)C(O)C(O)C2O)C1=O. The summed E-state index contributed by atoms with van der Waals surface area (Å²) in [7, 11) is 0. The highest BCUT2D eigenvalue weighted by atomic mass is 16.7. The van der Waals surface area contributed by atoms with E-state index >= 15 is 0 Å². The number of carbonyl (C=O) groups is 3. The van der Waals surface area contributed by atoms with Gasteiger partial charge in [0, 0.05) is 6.42 Å². The van der Waals surface area contributed by atoms with Crippen LogP contribution < -0.4 is 4.74 Å². The van der Waals surface area contributed by atoms with Crippen LogP contribution in [0, 0.1) is 0 Å². The maximum Gasteiger partial charge on any atom is 0.335 e. The highest BCUT2D eigenvalue weighted by Gasteiger charge is 2.63. The molecule has 1 aromatic carbocycles. The Morgan fingerprint density at radius 1 is 0.836 bits per heavy atom. The van der Waals surface area contributed by atoms with Crippen LogP contribution in [-0.2, 0) is 35.0 Å². The molecule has 15 N–H and O–H groups in total. The van der Waals surface area contributed by atoms with Gasteiger partial charge in [0.15, 0.2) is 11.9 Å². The molecule has 0 bridgehead atoms. The number of aliphatic hydroxyl groups excluding tert-OH is 13. The van der Waals surface area contributed by atoms with Crippen LogP contribution in [0.15, 0.2) is 46.9 Å². The number of benzene rings is 1. The Kier molecular flexibility index (Phi) is 12.7. The number of ketones is 2. The summed E-state index contributed by atoms with van der Waals surface area (Å²) in [5.74, 6) is -7.86. The van der Waals surface area contributed by atoms with Crippen LogP contribution in [0.4, 0.5) is 0 Å². The number of carboxylic acid groups (broad SMARTS) is 1. The van der Waals surface area contributed by atoms with E-state index in [1.54, 1.807) is 0 Å². The van der Waals surface area contributed by atoms with Gasteiger partial charge in [-0.15, -0.1) is 0 Å². The summed E-state index contributed by atoms with van der Waals surface area (Å²) >= 11 is 0. The zero-order valence-corrected chi connectivity index (χ0v) is 28.4. The summed E-state index contributed by atoms with van der Waals surface area (Å²) in [5.41, 5.74) is -5.82. The Hall–Kier alpha value is -3.69. The molecule has 0 aromatic heterocycles. The molecule has 1 aromatic rings. The fourth-order valence-electron chi connectivity index (χ4n) is 6.78. The minimum absolute atomic E-state index is 0.0387. The van der Waals surface area contributed by atoms with Gasteiger partial charge in [0.05, 0.1) is 18.8 Å². The lowest BCUT2D eigenvalue weighted by molar-refractivity contribution is -0.271. The Morgan fingerprint density at radius 2 is 1.45 bits per heavy atom. The highest BCUT2D eigenvalue weighted by molar-refractivity contribution is 6.25. The normalized spacial score (nSPS) is 40.5. The first-order valence-corrected chi connectivity index (χ1v) is 16.8. The van der Waals surface area contributed by atoms with Crippen molar-refractivity contribution in [2.24, 2.45) is 0 Å². The molecule has 22 heteroatoms. The van der Waals surface area contributed by atoms with E-state index in [1.807, 2.05) is 0 Å². The number of ether oxygens (including phenoxy) is 4. The molecule has 306 valence electrons. The van der Waals surface area contributed by atoms with Gasteiger partial charge in [-0.2, -0.15) is 0 Å². The smallest absolute Gasteiger partial charge is 0.335 e. The lowest BCUT2D eigenvalue weighted by Gasteiger charge is -2.47. The summed E-state index contributed by atoms with van der Waals surface area (Å²) in [6.45, 7) is -1.76. The second-order valence-electron chi connectivity index (χ2n) is 13.5. The van der Waals surface area contributed by atoms with Crippen molar-refractivity contribution in [3.05, 3.63) is 52.5 Å². The standard InChI is InChI=1S/C33H42O22/c34-7-13-17(38)20(41)24(45)30(54-13)33(51)28(47)14(18(39)15(29(33)48)19(40)26-22(43)16(37)12(36)8-52-26)11(35)6-3-9-1-4-10(5-2-9)53-32-25(46)21(42)23(44)27(55-32)31(49)50/h1-2,4-5,12-13,16-17,19-27,30,32,34,36-46,48,51H,3,6-8H2,(H,49,50). The van der Waals surface area contributed by atoms with Crippen LogP contribution in [0.25, 0.3) is 0 Å². The Labute approximate surface area is 309 Å². The maximum absolute atomic E-state index is 14.0. The zero-order valence-electron chi connectivity index (χ0n) is 28.4. The van der Waals surface area contributed by atoms with E-state index < -0.39 is 157 Å². The van der Waals surface area contributed by atoms with E-state index in [-0.39, 0.29) is 12.2 Å². The predicted octanol–water partition coefficient (Wildman–Crippen LogP) is -6.92. The Morgan fingerprint density at radius 3 is 2.05 bits per heavy atom. The summed E-state index contributed by atoms with van der Waals surface area (Å²) < 4.78 is 21.0. The number of aryl methyl sites for hydroxylation is 1. The largest absolute Gasteiger partial charge is 0.508 e. The molecule has 4 aliphatic rings. The van der Waals surface area contributed by atoms with E-state index in [0.717, 1.165) is 0 Å². The van der Waals surface area contributed by atoms with Gasteiger partial charge < -0.3 is 95.5 Å². The second kappa shape index (κ2) is 16.4. The Bertz CT molecular complexity index is 1660. The third-order valence-corrected chi connectivity index (χ3v) is 10.0. The second-order valence-corrected chi connectivity index (χ2v) is 13.5. The molecule has 16 unspecified atom stereocenters. The molecule has 0 radical (unpaired) electrons. The van der Waals surface area contributed by atoms with E-state index in [4.69, 9.17) is 18.9 Å². The van der Waals surface area contributed by atoms with Crippen LogP contribution in [0.2, 0.25) is 0 Å². The molecular formula is C33H42O22. The minimum atomic E-state index is -3.65. The van der Waals surface area contributed by atoms with Crippen molar-refractivity contribution in [1.29, 1.82) is 0 Å². The molecule has 3 saturated heterocycles. The topological polar surface area (TPSA) is 392 Å². The number of Topliss-reactive ketones (excluding diaryl/α,β-unsaturated/α-hetero) is 2. The molecule has 3 aliphatic heterocycles. The van der Waals surface area contributed by atoms with Crippen molar-refractivity contribution in [1.82, 2.24) is 0 Å². The number of hydrogen-bond acceptors (Lipinski definition) is 21. The maximum atomic E-state index is 14.0. The molecular weight excluding hydrogens is 748 g/mol. The van der Waals surface area contributed by atoms with Crippen molar-refractivity contribution in [2.45, 2.75) is 110 Å². The Balaban J connectivity index is 1.43. The van der Waals surface area contributed by atoms with E-state index in [9.17, 15) is 91.0 Å². The molecule has 3 fully saturated rings. The van der Waals surface area contributed by atoms with Crippen molar-refractivity contribution >= 4 is 17.5 Å². The third-order valence-electron chi connectivity index (χ3n) is 10.0. The van der Waals surface area contributed by atoms with Gasteiger partial charge in [-0.1, -0.05) is 12.1 Å². The third kappa shape index (κ3) is 7.60. The summed E-state index contributed by atoms with van der Waals surface area (Å²) in [5, 5.41) is 157. The fourth-order valence-corrected chi connectivity index (χ4v) is 6.78. The van der Waals surface area contributed by atoms with Gasteiger partial charge in [0.1, 0.15) is 102 Å². The molecule has 0 amide bonds. The number of carboxylic acids is 1. The average molecular weight is 791 g/mol. The molecule has 0 spiro atoms. The quantitative estimate of drug-likeness (QED) is 0.0926. The van der Waals surface area contributed by atoms with E-state index in [2.05, 4.69) is 0 Å². The minimum Gasteiger partial charge on any atom is -0.508 e. The van der Waals surface area contributed by atoms with Gasteiger partial charge in [0.2, 0.25) is 17.7 Å². The first-order chi connectivity index (χ1) is 25.8. The molecule has 0 saturated carbocycles. The van der Waals surface area contributed by atoms with Crippen LogP contribution in [0.3, 0.4) is 0 Å². The molecule has 55 heavy (non-hydrogen) atoms. The van der Waals surface area contributed by atoms with Crippen molar-refractivity contribution < 1.29 is 110 Å². The summed E-state index contributed by atoms with van der Waals surface area (Å²) in [4.78, 5) is 39.1. The number of aliphatic carboxylic acids is 1. The molecule has 16 atom stereocenters.